The van der Waals surface area contributed by atoms with Gasteiger partial charge in [0.05, 0.1) is 5.25 Å². The first-order valence-corrected chi connectivity index (χ1v) is 8.73. The van der Waals surface area contributed by atoms with Crippen LogP contribution in [0.15, 0.2) is 30.3 Å². The third-order valence-electron chi connectivity index (χ3n) is 4.20. The van der Waals surface area contributed by atoms with Crippen molar-refractivity contribution >= 4 is 17.7 Å². The van der Waals surface area contributed by atoms with Crippen molar-refractivity contribution in [1.29, 1.82) is 0 Å². The highest BCUT2D eigenvalue weighted by atomic mass is 32.2. The number of benzene rings is 1. The van der Waals surface area contributed by atoms with Crippen molar-refractivity contribution in [2.45, 2.75) is 36.8 Å². The summed E-state index contributed by atoms with van der Waals surface area (Å²) in [7, 11) is 4.25. The van der Waals surface area contributed by atoms with Crippen LogP contribution in [0.1, 0.15) is 25.3 Å². The van der Waals surface area contributed by atoms with Crippen molar-refractivity contribution in [3.63, 3.8) is 0 Å². The molecule has 0 saturated carbocycles. The molecule has 0 spiro atoms. The first-order chi connectivity index (χ1) is 10.1. The highest BCUT2D eigenvalue weighted by Gasteiger charge is 2.26. The van der Waals surface area contributed by atoms with Gasteiger partial charge in [0.15, 0.2) is 0 Å². The van der Waals surface area contributed by atoms with Crippen LogP contribution < -0.4 is 0 Å². The summed E-state index contributed by atoms with van der Waals surface area (Å²) in [6.45, 7) is 3.84. The van der Waals surface area contributed by atoms with E-state index in [-0.39, 0.29) is 5.25 Å². The fraction of sp³-hybridized carbons (Fsp3) is 0.588. The molecule has 0 aliphatic carbocycles. The van der Waals surface area contributed by atoms with Gasteiger partial charge in [-0.25, -0.2) is 0 Å². The van der Waals surface area contributed by atoms with Gasteiger partial charge >= 0.3 is 0 Å². The van der Waals surface area contributed by atoms with Crippen LogP contribution in [-0.2, 0) is 10.5 Å². The molecule has 0 radical (unpaired) electrons. The number of rotatable bonds is 5. The Morgan fingerprint density at radius 2 is 1.90 bits per heavy atom. The fourth-order valence-corrected chi connectivity index (χ4v) is 3.65. The highest BCUT2D eigenvalue weighted by Crippen LogP contribution is 2.22. The van der Waals surface area contributed by atoms with E-state index in [0.29, 0.717) is 11.9 Å². The molecule has 3 nitrogen and oxygen atoms in total. The van der Waals surface area contributed by atoms with Crippen molar-refractivity contribution in [3.05, 3.63) is 35.9 Å². The first-order valence-electron chi connectivity index (χ1n) is 7.68. The lowest BCUT2D eigenvalue weighted by Crippen LogP contribution is -2.46. The lowest BCUT2D eigenvalue weighted by molar-refractivity contribution is -0.131. The van der Waals surface area contributed by atoms with Gasteiger partial charge in [-0.05, 0) is 39.4 Å². The molecule has 1 heterocycles. The Balaban J connectivity index is 1.78. The molecule has 1 aliphatic heterocycles. The molecule has 0 bridgehead atoms. The molecule has 1 atom stereocenters. The minimum absolute atomic E-state index is 0.0427. The Bertz CT molecular complexity index is 441. The second kappa shape index (κ2) is 7.85. The number of carbonyl (C=O) groups is 1. The molecule has 0 N–H and O–H groups in total. The third kappa shape index (κ3) is 4.75. The van der Waals surface area contributed by atoms with Gasteiger partial charge in [0.2, 0.25) is 5.91 Å². The smallest absolute Gasteiger partial charge is 0.235 e. The van der Waals surface area contributed by atoms with Gasteiger partial charge in [0.1, 0.15) is 0 Å². The number of nitrogens with zero attached hydrogens (tertiary/aromatic N) is 2. The molecular weight excluding hydrogens is 280 g/mol. The molecule has 0 aromatic heterocycles. The van der Waals surface area contributed by atoms with E-state index in [1.165, 1.54) is 5.56 Å². The van der Waals surface area contributed by atoms with Crippen LogP contribution in [0.25, 0.3) is 0 Å². The number of piperidine rings is 1. The summed E-state index contributed by atoms with van der Waals surface area (Å²) in [6, 6.07) is 11.0. The third-order valence-corrected chi connectivity index (χ3v) is 5.40. The van der Waals surface area contributed by atoms with E-state index in [0.717, 1.165) is 31.7 Å². The lowest BCUT2D eigenvalue weighted by atomic mass is 10.0. The topological polar surface area (TPSA) is 23.6 Å². The standard InChI is InChI=1S/C17H26N2OS/c1-14(21-13-15-7-5-4-6-8-15)17(20)19-11-9-16(10-12-19)18(2)3/h4-8,14,16H,9-13H2,1-3H3. The maximum atomic E-state index is 12.5. The van der Waals surface area contributed by atoms with E-state index >= 15 is 0 Å². The summed E-state index contributed by atoms with van der Waals surface area (Å²) in [5.41, 5.74) is 1.29. The van der Waals surface area contributed by atoms with E-state index in [4.69, 9.17) is 0 Å². The summed E-state index contributed by atoms with van der Waals surface area (Å²) in [5, 5.41) is 0.0427. The Morgan fingerprint density at radius 1 is 1.29 bits per heavy atom. The van der Waals surface area contributed by atoms with Crippen LogP contribution in [0.3, 0.4) is 0 Å². The van der Waals surface area contributed by atoms with E-state index in [2.05, 4.69) is 43.3 Å². The zero-order valence-electron chi connectivity index (χ0n) is 13.3. The molecular formula is C17H26N2OS. The van der Waals surface area contributed by atoms with Crippen molar-refractivity contribution in [1.82, 2.24) is 9.80 Å². The molecule has 1 amide bonds. The predicted molar refractivity (Wildman–Crippen MR) is 90.5 cm³/mol. The molecule has 1 aromatic rings. The van der Waals surface area contributed by atoms with Crippen molar-refractivity contribution < 1.29 is 4.79 Å². The molecule has 1 saturated heterocycles. The minimum Gasteiger partial charge on any atom is -0.342 e. The molecule has 1 aromatic carbocycles. The number of likely N-dealkylation sites (tertiary alicyclic amines) is 1. The van der Waals surface area contributed by atoms with Gasteiger partial charge < -0.3 is 9.80 Å². The zero-order valence-corrected chi connectivity index (χ0v) is 14.1. The Kier molecular flexibility index (Phi) is 6.12. The Morgan fingerprint density at radius 3 is 2.48 bits per heavy atom. The van der Waals surface area contributed by atoms with Crippen molar-refractivity contribution in [3.8, 4) is 0 Å². The van der Waals surface area contributed by atoms with Gasteiger partial charge in [-0.2, -0.15) is 0 Å². The number of amides is 1. The summed E-state index contributed by atoms with van der Waals surface area (Å²) >= 11 is 1.74. The maximum Gasteiger partial charge on any atom is 0.235 e. The van der Waals surface area contributed by atoms with Crippen LogP contribution in [-0.4, -0.2) is 54.2 Å². The minimum atomic E-state index is 0.0427. The Labute approximate surface area is 132 Å². The summed E-state index contributed by atoms with van der Waals surface area (Å²) in [5.74, 6) is 1.20. The number of hydrogen-bond donors (Lipinski definition) is 0. The maximum absolute atomic E-state index is 12.5. The zero-order chi connectivity index (χ0) is 15.2. The van der Waals surface area contributed by atoms with E-state index in [1.807, 2.05) is 17.9 Å². The number of hydrogen-bond acceptors (Lipinski definition) is 3. The van der Waals surface area contributed by atoms with Gasteiger partial charge in [-0.3, -0.25) is 4.79 Å². The molecule has 1 aliphatic rings. The van der Waals surface area contributed by atoms with Crippen LogP contribution >= 0.6 is 11.8 Å². The monoisotopic (exact) mass is 306 g/mol. The average Bonchev–Trinajstić information content (AvgIpc) is 2.53. The van der Waals surface area contributed by atoms with Gasteiger partial charge in [0, 0.05) is 24.9 Å². The van der Waals surface area contributed by atoms with Crippen molar-refractivity contribution in [2.75, 3.05) is 27.2 Å². The molecule has 1 unspecified atom stereocenters. The second-order valence-electron chi connectivity index (χ2n) is 5.96. The SMILES string of the molecule is CC(SCc1ccccc1)C(=O)N1CCC(N(C)C)CC1. The van der Waals surface area contributed by atoms with Crippen LogP contribution in [0, 0.1) is 0 Å². The lowest BCUT2D eigenvalue weighted by Gasteiger charge is -2.36. The second-order valence-corrected chi connectivity index (χ2v) is 7.29. The predicted octanol–water partition coefficient (Wildman–Crippen LogP) is 2.86. The van der Waals surface area contributed by atoms with Gasteiger partial charge in [-0.1, -0.05) is 30.3 Å². The summed E-state index contributed by atoms with van der Waals surface area (Å²) in [4.78, 5) is 16.8. The van der Waals surface area contributed by atoms with Crippen LogP contribution in [0.5, 0.6) is 0 Å². The summed E-state index contributed by atoms with van der Waals surface area (Å²) < 4.78 is 0. The van der Waals surface area contributed by atoms with Gasteiger partial charge in [-0.15, -0.1) is 11.8 Å². The quantitative estimate of drug-likeness (QED) is 0.836. The number of carbonyl (C=O) groups excluding carboxylic acids is 1. The highest BCUT2D eigenvalue weighted by molar-refractivity contribution is 7.99. The largest absolute Gasteiger partial charge is 0.342 e. The van der Waals surface area contributed by atoms with Crippen molar-refractivity contribution in [2.24, 2.45) is 0 Å². The van der Waals surface area contributed by atoms with E-state index in [1.54, 1.807) is 11.8 Å². The van der Waals surface area contributed by atoms with Crippen LogP contribution in [0.2, 0.25) is 0 Å². The molecule has 2 rings (SSSR count). The van der Waals surface area contributed by atoms with Crippen LogP contribution in [0.4, 0.5) is 0 Å². The molecule has 4 heteroatoms. The molecule has 1 fully saturated rings. The molecule has 116 valence electrons. The molecule has 21 heavy (non-hydrogen) atoms. The summed E-state index contributed by atoms with van der Waals surface area (Å²) in [6.07, 6.45) is 2.18. The Hall–Kier alpha value is -1.00. The average molecular weight is 306 g/mol. The normalized spacial score (nSPS) is 18.0. The first kappa shape index (κ1) is 16.4. The fourth-order valence-electron chi connectivity index (χ4n) is 2.73. The number of thioether (sulfide) groups is 1. The van der Waals surface area contributed by atoms with Gasteiger partial charge in [0.25, 0.3) is 0 Å². The van der Waals surface area contributed by atoms with E-state index in [9.17, 15) is 4.79 Å². The van der Waals surface area contributed by atoms with E-state index < -0.39 is 0 Å².